The van der Waals surface area contributed by atoms with Gasteiger partial charge in [0.2, 0.25) is 0 Å². The van der Waals surface area contributed by atoms with Gasteiger partial charge in [0.25, 0.3) is 0 Å². The molecule has 7 heteroatoms. The molecule has 0 saturated heterocycles. The van der Waals surface area contributed by atoms with Crippen LogP contribution in [0.5, 0.6) is 11.5 Å². The van der Waals surface area contributed by atoms with Crippen LogP contribution in [0.4, 0.5) is 0 Å². The molecule has 160 valence electrons. The van der Waals surface area contributed by atoms with Gasteiger partial charge in [0.1, 0.15) is 0 Å². The molecule has 2 rings (SSSR count). The van der Waals surface area contributed by atoms with E-state index in [2.05, 4.69) is 53.3 Å². The molecule has 0 saturated carbocycles. The third-order valence-corrected chi connectivity index (χ3v) is 4.68. The van der Waals surface area contributed by atoms with Crippen LogP contribution in [0.15, 0.2) is 47.5 Å². The van der Waals surface area contributed by atoms with Gasteiger partial charge in [-0.2, -0.15) is 0 Å². The monoisotopic (exact) mass is 512 g/mol. The highest BCUT2D eigenvalue weighted by atomic mass is 127. The quantitative estimate of drug-likeness (QED) is 0.288. The molecule has 0 spiro atoms. The van der Waals surface area contributed by atoms with Crippen molar-refractivity contribution in [1.82, 2.24) is 10.2 Å². The Labute approximate surface area is 191 Å². The van der Waals surface area contributed by atoms with E-state index < -0.39 is 0 Å². The topological polar surface area (TPSA) is 72.1 Å². The Morgan fingerprint density at radius 1 is 0.931 bits per heavy atom. The van der Waals surface area contributed by atoms with Gasteiger partial charge in [0.05, 0.1) is 20.8 Å². The Bertz CT molecular complexity index is 762. The third-order valence-electron chi connectivity index (χ3n) is 4.68. The van der Waals surface area contributed by atoms with Crippen LogP contribution in [0.2, 0.25) is 0 Å². The summed E-state index contributed by atoms with van der Waals surface area (Å²) in [6.07, 6.45) is 0. The lowest BCUT2D eigenvalue weighted by molar-refractivity contribution is 0.296. The highest BCUT2D eigenvalue weighted by Gasteiger charge is 2.05. The molecule has 0 atom stereocenters. The van der Waals surface area contributed by atoms with E-state index in [1.807, 2.05) is 18.2 Å². The van der Waals surface area contributed by atoms with Crippen LogP contribution in [0.1, 0.15) is 30.5 Å². The minimum absolute atomic E-state index is 0. The fourth-order valence-electron chi connectivity index (χ4n) is 2.87. The van der Waals surface area contributed by atoms with Crippen molar-refractivity contribution in [3.63, 3.8) is 0 Å². The number of benzene rings is 2. The van der Waals surface area contributed by atoms with Crippen molar-refractivity contribution in [3.8, 4) is 11.5 Å². The Hall–Kier alpha value is -2.00. The van der Waals surface area contributed by atoms with Crippen molar-refractivity contribution in [2.24, 2.45) is 10.7 Å². The maximum absolute atomic E-state index is 6.00. The average Bonchev–Trinajstić information content (AvgIpc) is 2.75. The summed E-state index contributed by atoms with van der Waals surface area (Å²) in [4.78, 5) is 6.79. The van der Waals surface area contributed by atoms with Crippen LogP contribution in [-0.2, 0) is 19.6 Å². The second-order valence-electron chi connectivity index (χ2n) is 6.52. The normalized spacial score (nSPS) is 11.1. The van der Waals surface area contributed by atoms with E-state index in [1.165, 1.54) is 11.1 Å². The molecule has 2 aromatic carbocycles. The van der Waals surface area contributed by atoms with E-state index in [1.54, 1.807) is 14.2 Å². The van der Waals surface area contributed by atoms with Gasteiger partial charge in [-0.15, -0.1) is 24.0 Å². The van der Waals surface area contributed by atoms with Crippen LogP contribution in [0, 0.1) is 0 Å². The highest BCUT2D eigenvalue weighted by molar-refractivity contribution is 14.0. The Balaban J connectivity index is 0.00000420. The molecule has 3 N–H and O–H groups in total. The first-order valence-electron chi connectivity index (χ1n) is 9.64. The molecule has 0 unspecified atom stereocenters. The van der Waals surface area contributed by atoms with Crippen LogP contribution >= 0.6 is 24.0 Å². The minimum atomic E-state index is 0. The largest absolute Gasteiger partial charge is 0.493 e. The third kappa shape index (κ3) is 8.10. The number of halogens is 1. The molecule has 0 heterocycles. The van der Waals surface area contributed by atoms with Crippen LogP contribution in [0.25, 0.3) is 0 Å². The molecular weight excluding hydrogens is 479 g/mol. The van der Waals surface area contributed by atoms with Gasteiger partial charge in [0, 0.05) is 13.1 Å². The Morgan fingerprint density at radius 2 is 1.52 bits per heavy atom. The summed E-state index contributed by atoms with van der Waals surface area (Å²) in [5.74, 6) is 1.80. The van der Waals surface area contributed by atoms with Crippen molar-refractivity contribution in [2.75, 3.05) is 27.3 Å². The molecule has 0 aromatic heterocycles. The smallest absolute Gasteiger partial charge is 0.189 e. The zero-order valence-electron chi connectivity index (χ0n) is 17.8. The summed E-state index contributed by atoms with van der Waals surface area (Å²) >= 11 is 0. The van der Waals surface area contributed by atoms with E-state index in [-0.39, 0.29) is 24.0 Å². The molecule has 0 aliphatic carbocycles. The molecule has 0 aliphatic rings. The Morgan fingerprint density at radius 3 is 2.10 bits per heavy atom. The van der Waals surface area contributed by atoms with Gasteiger partial charge in [-0.05, 0) is 41.9 Å². The first kappa shape index (κ1) is 25.0. The number of guanidine groups is 1. The fourth-order valence-corrected chi connectivity index (χ4v) is 2.87. The van der Waals surface area contributed by atoms with Crippen LogP contribution < -0.4 is 20.5 Å². The fraction of sp³-hybridized carbons (Fsp3) is 0.409. The number of methoxy groups -OCH3 is 2. The number of rotatable bonds is 10. The maximum atomic E-state index is 6.00. The van der Waals surface area contributed by atoms with Gasteiger partial charge >= 0.3 is 0 Å². The van der Waals surface area contributed by atoms with E-state index in [9.17, 15) is 0 Å². The van der Waals surface area contributed by atoms with Gasteiger partial charge < -0.3 is 20.5 Å². The zero-order valence-corrected chi connectivity index (χ0v) is 20.1. The van der Waals surface area contributed by atoms with Crippen LogP contribution in [0.3, 0.4) is 0 Å². The lowest BCUT2D eigenvalue weighted by Gasteiger charge is -2.18. The highest BCUT2D eigenvalue weighted by Crippen LogP contribution is 2.27. The molecule has 0 radical (unpaired) electrons. The molecule has 29 heavy (non-hydrogen) atoms. The summed E-state index contributed by atoms with van der Waals surface area (Å²) in [6, 6.07) is 14.3. The number of hydrogen-bond donors (Lipinski definition) is 2. The summed E-state index contributed by atoms with van der Waals surface area (Å²) in [7, 11) is 3.24. The van der Waals surface area contributed by atoms with Crippen molar-refractivity contribution < 1.29 is 9.47 Å². The van der Waals surface area contributed by atoms with E-state index in [0.717, 1.165) is 25.2 Å². The number of nitrogens with zero attached hydrogens (tertiary/aromatic N) is 2. The molecule has 0 fully saturated rings. The first-order valence-corrected chi connectivity index (χ1v) is 9.64. The molecule has 0 aliphatic heterocycles. The van der Waals surface area contributed by atoms with Crippen LogP contribution in [-0.4, -0.2) is 38.2 Å². The zero-order chi connectivity index (χ0) is 20.4. The van der Waals surface area contributed by atoms with Gasteiger partial charge in [-0.1, -0.05) is 44.2 Å². The van der Waals surface area contributed by atoms with Crippen molar-refractivity contribution in [3.05, 3.63) is 59.2 Å². The average molecular weight is 512 g/mol. The lowest BCUT2D eigenvalue weighted by Crippen LogP contribution is -2.31. The molecular formula is C22H33IN4O2. The predicted octanol–water partition coefficient (Wildman–Crippen LogP) is 3.77. The van der Waals surface area contributed by atoms with Crippen molar-refractivity contribution >= 4 is 29.9 Å². The molecule has 6 nitrogen and oxygen atoms in total. The molecule has 0 amide bonds. The number of nitrogens with one attached hydrogen (secondary N) is 1. The first-order chi connectivity index (χ1) is 13.6. The lowest BCUT2D eigenvalue weighted by atomic mass is 10.1. The summed E-state index contributed by atoms with van der Waals surface area (Å²) < 4.78 is 10.6. The maximum Gasteiger partial charge on any atom is 0.189 e. The van der Waals surface area contributed by atoms with Crippen molar-refractivity contribution in [2.45, 2.75) is 33.5 Å². The number of hydrogen-bond acceptors (Lipinski definition) is 4. The predicted molar refractivity (Wildman–Crippen MR) is 130 cm³/mol. The second kappa shape index (κ2) is 13.3. The number of aliphatic imine (C=N–C) groups is 1. The second-order valence-corrected chi connectivity index (χ2v) is 6.52. The van der Waals surface area contributed by atoms with E-state index >= 15 is 0 Å². The summed E-state index contributed by atoms with van der Waals surface area (Å²) in [5, 5.41) is 3.16. The standard InChI is InChI=1S/C22H32N4O2.HI/c1-5-26(6-2)16-18-9-7-17(8-10-18)14-24-22(23)25-15-19-11-12-20(27-3)21(13-19)28-4;/h7-13H,5-6,14-16H2,1-4H3,(H3,23,24,25);1H. The minimum Gasteiger partial charge on any atom is -0.493 e. The molecule has 2 aromatic rings. The summed E-state index contributed by atoms with van der Waals surface area (Å²) in [6.45, 7) is 8.60. The number of nitrogens with two attached hydrogens (primary N) is 1. The van der Waals surface area contributed by atoms with Gasteiger partial charge in [-0.3, -0.25) is 4.90 Å². The Kier molecular flexibility index (Phi) is 11.5. The summed E-state index contributed by atoms with van der Waals surface area (Å²) in [5.41, 5.74) is 9.50. The SMILES string of the molecule is CCN(CC)Cc1ccc(CNC(N)=NCc2ccc(OC)c(OC)c2)cc1.I. The van der Waals surface area contributed by atoms with Gasteiger partial charge in [0.15, 0.2) is 17.5 Å². The number of ether oxygens (including phenoxy) is 2. The molecule has 0 bridgehead atoms. The van der Waals surface area contributed by atoms with Gasteiger partial charge in [-0.25, -0.2) is 4.99 Å². The van der Waals surface area contributed by atoms with E-state index in [4.69, 9.17) is 15.2 Å². The van der Waals surface area contributed by atoms with Crippen molar-refractivity contribution in [1.29, 1.82) is 0 Å². The van der Waals surface area contributed by atoms with E-state index in [0.29, 0.717) is 30.5 Å².